The highest BCUT2D eigenvalue weighted by Gasteiger charge is 2.43. The first kappa shape index (κ1) is 10.9. The van der Waals surface area contributed by atoms with Gasteiger partial charge in [-0.15, -0.1) is 0 Å². The molecule has 0 radical (unpaired) electrons. The van der Waals surface area contributed by atoms with E-state index in [4.69, 9.17) is 10.2 Å². The Morgan fingerprint density at radius 3 is 2.87 bits per heavy atom. The van der Waals surface area contributed by atoms with E-state index in [1.807, 2.05) is 4.90 Å². The number of aliphatic hydroxyl groups is 1. The molecule has 2 rings (SSSR count). The van der Waals surface area contributed by atoms with Crippen molar-refractivity contribution >= 4 is 5.97 Å². The van der Waals surface area contributed by atoms with Gasteiger partial charge in [0.2, 0.25) is 0 Å². The zero-order valence-corrected chi connectivity index (χ0v) is 8.98. The highest BCUT2D eigenvalue weighted by atomic mass is 16.4. The van der Waals surface area contributed by atoms with Crippen molar-refractivity contribution in [3.63, 3.8) is 0 Å². The standard InChI is InChI=1S/C11H19NO3/c13-7-9-1-2-11(5-9)3-4-12(8-11)6-10(14)15/h9,13H,1-8H2,(H,14,15). The van der Waals surface area contributed by atoms with Crippen molar-refractivity contribution in [2.75, 3.05) is 26.2 Å². The van der Waals surface area contributed by atoms with Gasteiger partial charge >= 0.3 is 5.97 Å². The average Bonchev–Trinajstić information content (AvgIpc) is 2.74. The molecule has 0 amide bonds. The number of aliphatic hydroxyl groups excluding tert-OH is 1. The van der Waals surface area contributed by atoms with E-state index in [9.17, 15) is 4.79 Å². The van der Waals surface area contributed by atoms with Crippen LogP contribution in [-0.2, 0) is 4.79 Å². The topological polar surface area (TPSA) is 60.8 Å². The number of aliphatic carboxylic acids is 1. The van der Waals surface area contributed by atoms with Gasteiger partial charge < -0.3 is 10.2 Å². The van der Waals surface area contributed by atoms with E-state index in [0.29, 0.717) is 17.9 Å². The lowest BCUT2D eigenvalue weighted by atomic mass is 9.84. The number of carboxylic acid groups (broad SMARTS) is 1. The van der Waals surface area contributed by atoms with Gasteiger partial charge in [-0.25, -0.2) is 0 Å². The molecule has 0 aromatic rings. The quantitative estimate of drug-likeness (QED) is 0.719. The zero-order valence-electron chi connectivity index (χ0n) is 8.98. The summed E-state index contributed by atoms with van der Waals surface area (Å²) in [5, 5.41) is 17.8. The maximum Gasteiger partial charge on any atom is 0.317 e. The number of carbonyl (C=O) groups is 1. The van der Waals surface area contributed by atoms with Gasteiger partial charge in [0.15, 0.2) is 0 Å². The number of rotatable bonds is 3. The molecule has 1 spiro atoms. The molecule has 1 heterocycles. The fraction of sp³-hybridized carbons (Fsp3) is 0.909. The molecule has 0 bridgehead atoms. The van der Waals surface area contributed by atoms with Gasteiger partial charge in [0.1, 0.15) is 0 Å². The minimum absolute atomic E-state index is 0.172. The Labute approximate surface area is 89.9 Å². The minimum atomic E-state index is -0.733. The van der Waals surface area contributed by atoms with Crippen LogP contribution in [0, 0.1) is 11.3 Å². The Balaban J connectivity index is 1.89. The predicted octanol–water partition coefficient (Wildman–Crippen LogP) is 0.555. The van der Waals surface area contributed by atoms with Crippen molar-refractivity contribution in [3.05, 3.63) is 0 Å². The third-order valence-corrected chi connectivity index (χ3v) is 3.94. The lowest BCUT2D eigenvalue weighted by molar-refractivity contribution is -0.138. The largest absolute Gasteiger partial charge is 0.480 e. The van der Waals surface area contributed by atoms with Gasteiger partial charge in [0.25, 0.3) is 0 Å². The van der Waals surface area contributed by atoms with E-state index in [-0.39, 0.29) is 6.54 Å². The number of nitrogens with zero attached hydrogens (tertiary/aromatic N) is 1. The van der Waals surface area contributed by atoms with Crippen LogP contribution in [0.3, 0.4) is 0 Å². The highest BCUT2D eigenvalue weighted by molar-refractivity contribution is 5.69. The molecule has 2 unspecified atom stereocenters. The number of hydrogen-bond donors (Lipinski definition) is 2. The first-order chi connectivity index (χ1) is 7.13. The van der Waals surface area contributed by atoms with Crippen LogP contribution in [-0.4, -0.2) is 47.3 Å². The normalized spacial score (nSPS) is 36.5. The summed E-state index contributed by atoms with van der Waals surface area (Å²) in [6.07, 6.45) is 4.46. The van der Waals surface area contributed by atoms with Crippen LogP contribution in [0.5, 0.6) is 0 Å². The second-order valence-corrected chi connectivity index (χ2v) is 5.15. The van der Waals surface area contributed by atoms with Crippen molar-refractivity contribution in [3.8, 4) is 0 Å². The molecule has 1 aliphatic carbocycles. The van der Waals surface area contributed by atoms with Crippen molar-refractivity contribution in [1.29, 1.82) is 0 Å². The fourth-order valence-electron chi connectivity index (χ4n) is 3.21. The first-order valence-electron chi connectivity index (χ1n) is 5.69. The van der Waals surface area contributed by atoms with Gasteiger partial charge in [-0.05, 0) is 43.6 Å². The van der Waals surface area contributed by atoms with Crippen LogP contribution in [0.4, 0.5) is 0 Å². The molecule has 4 heteroatoms. The number of hydrogen-bond acceptors (Lipinski definition) is 3. The van der Waals surface area contributed by atoms with Crippen molar-refractivity contribution in [1.82, 2.24) is 4.90 Å². The summed E-state index contributed by atoms with van der Waals surface area (Å²) < 4.78 is 0. The lowest BCUT2D eigenvalue weighted by Crippen LogP contribution is -2.30. The summed E-state index contributed by atoms with van der Waals surface area (Å²) in [5.41, 5.74) is 0.322. The summed E-state index contributed by atoms with van der Waals surface area (Å²) in [4.78, 5) is 12.6. The molecule has 2 aliphatic rings. The second kappa shape index (κ2) is 4.10. The summed E-state index contributed by atoms with van der Waals surface area (Å²) in [6, 6.07) is 0. The summed E-state index contributed by atoms with van der Waals surface area (Å²) >= 11 is 0. The Morgan fingerprint density at radius 1 is 1.47 bits per heavy atom. The average molecular weight is 213 g/mol. The van der Waals surface area contributed by atoms with E-state index in [2.05, 4.69) is 0 Å². The Kier molecular flexibility index (Phi) is 2.98. The molecule has 0 aromatic carbocycles. The van der Waals surface area contributed by atoms with Gasteiger partial charge in [-0.2, -0.15) is 0 Å². The molecule has 1 saturated carbocycles. The van der Waals surface area contributed by atoms with Crippen molar-refractivity contribution in [2.24, 2.45) is 11.3 Å². The summed E-state index contributed by atoms with van der Waals surface area (Å²) in [7, 11) is 0. The van der Waals surface area contributed by atoms with Crippen LogP contribution in [0.1, 0.15) is 25.7 Å². The van der Waals surface area contributed by atoms with Crippen molar-refractivity contribution in [2.45, 2.75) is 25.7 Å². The number of carboxylic acids is 1. The van der Waals surface area contributed by atoms with Crippen molar-refractivity contribution < 1.29 is 15.0 Å². The van der Waals surface area contributed by atoms with Crippen LogP contribution >= 0.6 is 0 Å². The van der Waals surface area contributed by atoms with Crippen LogP contribution in [0.15, 0.2) is 0 Å². The zero-order chi connectivity index (χ0) is 10.9. The van der Waals surface area contributed by atoms with Crippen LogP contribution in [0.25, 0.3) is 0 Å². The van der Waals surface area contributed by atoms with Gasteiger partial charge in [-0.3, -0.25) is 9.69 Å². The van der Waals surface area contributed by atoms with Gasteiger partial charge in [-0.1, -0.05) is 0 Å². The molecule has 4 nitrogen and oxygen atoms in total. The molecular weight excluding hydrogens is 194 g/mol. The van der Waals surface area contributed by atoms with Gasteiger partial charge in [0.05, 0.1) is 6.54 Å². The lowest BCUT2D eigenvalue weighted by Gasteiger charge is -2.23. The van der Waals surface area contributed by atoms with E-state index >= 15 is 0 Å². The Hall–Kier alpha value is -0.610. The predicted molar refractivity (Wildman–Crippen MR) is 55.6 cm³/mol. The SMILES string of the molecule is O=C(O)CN1CCC2(CCC(CO)C2)C1. The minimum Gasteiger partial charge on any atom is -0.480 e. The highest BCUT2D eigenvalue weighted by Crippen LogP contribution is 2.47. The molecule has 86 valence electrons. The molecule has 1 aliphatic heterocycles. The third kappa shape index (κ3) is 2.32. The smallest absolute Gasteiger partial charge is 0.317 e. The molecule has 2 N–H and O–H groups in total. The van der Waals surface area contributed by atoms with E-state index in [1.54, 1.807) is 0 Å². The van der Waals surface area contributed by atoms with E-state index < -0.39 is 5.97 Å². The van der Waals surface area contributed by atoms with Gasteiger partial charge in [0, 0.05) is 13.2 Å². The monoisotopic (exact) mass is 213 g/mol. The molecule has 1 saturated heterocycles. The second-order valence-electron chi connectivity index (χ2n) is 5.15. The molecule has 2 atom stereocenters. The molecule has 2 fully saturated rings. The Bertz CT molecular complexity index is 256. The maximum absolute atomic E-state index is 10.6. The molecule has 0 aromatic heterocycles. The molecular formula is C11H19NO3. The van der Waals surface area contributed by atoms with Crippen LogP contribution in [0.2, 0.25) is 0 Å². The van der Waals surface area contributed by atoms with Crippen LogP contribution < -0.4 is 0 Å². The summed E-state index contributed by atoms with van der Waals surface area (Å²) in [5.74, 6) is -0.279. The third-order valence-electron chi connectivity index (χ3n) is 3.94. The molecule has 15 heavy (non-hydrogen) atoms. The maximum atomic E-state index is 10.6. The summed E-state index contributed by atoms with van der Waals surface area (Å²) in [6.45, 7) is 2.28. The van der Waals surface area contributed by atoms with E-state index in [0.717, 1.165) is 38.8 Å². The van der Waals surface area contributed by atoms with E-state index in [1.165, 1.54) is 0 Å². The Morgan fingerprint density at radius 2 is 2.27 bits per heavy atom. The first-order valence-corrected chi connectivity index (χ1v) is 5.69. The number of likely N-dealkylation sites (tertiary alicyclic amines) is 1. The fourth-order valence-corrected chi connectivity index (χ4v) is 3.21.